The number of aromatic nitrogens is 1. The van der Waals surface area contributed by atoms with Crippen molar-refractivity contribution >= 4 is 35.5 Å². The van der Waals surface area contributed by atoms with Gasteiger partial charge in [-0.2, -0.15) is 0 Å². The summed E-state index contributed by atoms with van der Waals surface area (Å²) >= 11 is 0. The van der Waals surface area contributed by atoms with E-state index in [1.807, 2.05) is 74.5 Å². The largest absolute Gasteiger partial charge is 0.480 e. The van der Waals surface area contributed by atoms with E-state index in [-0.39, 0.29) is 32.3 Å². The molecule has 1 saturated heterocycles. The van der Waals surface area contributed by atoms with Crippen molar-refractivity contribution in [3.05, 3.63) is 89.6 Å². The van der Waals surface area contributed by atoms with Gasteiger partial charge in [-0.3, -0.25) is 4.79 Å². The van der Waals surface area contributed by atoms with Crippen LogP contribution in [0.2, 0.25) is 0 Å². The number of rotatable bonds is 13. The van der Waals surface area contributed by atoms with Crippen LogP contribution in [0.15, 0.2) is 72.9 Å². The SMILES string of the molecule is Cc1cccc(C)c1NC(=O)N[C@@H](CNC(=O)CO[C@@H]1C[C@@H](CNc2ccccn2)N(C(=O)OCc2ccccc2)C1)C(=O)O. The molecule has 0 unspecified atom stereocenters. The summed E-state index contributed by atoms with van der Waals surface area (Å²) in [6.07, 6.45) is 1.13. The molecule has 0 radical (unpaired) electrons. The maximum absolute atomic E-state index is 13.0. The lowest BCUT2D eigenvalue weighted by atomic mass is 10.1. The average molecular weight is 619 g/mol. The minimum absolute atomic E-state index is 0.117. The van der Waals surface area contributed by atoms with E-state index in [2.05, 4.69) is 26.3 Å². The van der Waals surface area contributed by atoms with E-state index in [1.165, 1.54) is 0 Å². The van der Waals surface area contributed by atoms with Gasteiger partial charge in [0.1, 0.15) is 25.1 Å². The van der Waals surface area contributed by atoms with Crippen LogP contribution in [0.3, 0.4) is 0 Å². The first kappa shape index (κ1) is 32.7. The quantitative estimate of drug-likeness (QED) is 0.193. The number of likely N-dealkylation sites (tertiary alicyclic amines) is 1. The lowest BCUT2D eigenvalue weighted by molar-refractivity contribution is -0.139. The van der Waals surface area contributed by atoms with Crippen LogP contribution in [0.1, 0.15) is 23.1 Å². The predicted octanol–water partition coefficient (Wildman–Crippen LogP) is 3.30. The zero-order chi connectivity index (χ0) is 32.2. The topological polar surface area (TPSA) is 171 Å². The minimum Gasteiger partial charge on any atom is -0.480 e. The summed E-state index contributed by atoms with van der Waals surface area (Å²) < 4.78 is 11.4. The number of ether oxygens (including phenoxy) is 2. The fraction of sp³-hybridized carbons (Fsp3) is 0.344. The molecule has 1 aliphatic rings. The highest BCUT2D eigenvalue weighted by molar-refractivity contribution is 5.93. The number of para-hydroxylation sites is 1. The van der Waals surface area contributed by atoms with Crippen molar-refractivity contribution in [2.75, 3.05) is 36.9 Å². The Morgan fingerprint density at radius 1 is 1.00 bits per heavy atom. The predicted molar refractivity (Wildman–Crippen MR) is 167 cm³/mol. The number of carboxylic acid groups (broad SMARTS) is 1. The van der Waals surface area contributed by atoms with Gasteiger partial charge in [0.05, 0.1) is 18.7 Å². The number of pyridine rings is 1. The van der Waals surface area contributed by atoms with E-state index in [4.69, 9.17) is 9.47 Å². The summed E-state index contributed by atoms with van der Waals surface area (Å²) in [4.78, 5) is 55.7. The number of carboxylic acids is 1. The fourth-order valence-corrected chi connectivity index (χ4v) is 4.88. The molecule has 45 heavy (non-hydrogen) atoms. The average Bonchev–Trinajstić information content (AvgIpc) is 3.45. The molecule has 2 heterocycles. The fourth-order valence-electron chi connectivity index (χ4n) is 4.88. The maximum atomic E-state index is 13.0. The Hall–Kier alpha value is -5.17. The molecular weight excluding hydrogens is 580 g/mol. The van der Waals surface area contributed by atoms with Crippen molar-refractivity contribution in [3.8, 4) is 0 Å². The van der Waals surface area contributed by atoms with Gasteiger partial charge < -0.3 is 40.7 Å². The van der Waals surface area contributed by atoms with Crippen LogP contribution in [0.25, 0.3) is 0 Å². The smallest absolute Gasteiger partial charge is 0.410 e. The molecule has 13 nitrogen and oxygen atoms in total. The van der Waals surface area contributed by atoms with Crippen molar-refractivity contribution in [1.29, 1.82) is 0 Å². The van der Waals surface area contributed by atoms with Gasteiger partial charge in [-0.05, 0) is 49.1 Å². The van der Waals surface area contributed by atoms with Crippen molar-refractivity contribution in [2.24, 2.45) is 0 Å². The third-order valence-electron chi connectivity index (χ3n) is 7.28. The van der Waals surface area contributed by atoms with Crippen LogP contribution >= 0.6 is 0 Å². The molecule has 0 saturated carbocycles. The van der Waals surface area contributed by atoms with Crippen molar-refractivity contribution in [3.63, 3.8) is 0 Å². The second kappa shape index (κ2) is 16.1. The Labute approximate surface area is 261 Å². The summed E-state index contributed by atoms with van der Waals surface area (Å²) in [6, 6.07) is 17.9. The Morgan fingerprint density at radius 2 is 1.73 bits per heavy atom. The Bertz CT molecular complexity index is 1440. The van der Waals surface area contributed by atoms with Crippen LogP contribution in [0.5, 0.6) is 0 Å². The highest BCUT2D eigenvalue weighted by Crippen LogP contribution is 2.23. The number of aryl methyl sites for hydroxylation is 2. The molecule has 2 aromatic carbocycles. The van der Waals surface area contributed by atoms with E-state index in [0.29, 0.717) is 24.5 Å². The molecule has 0 bridgehead atoms. The zero-order valence-electron chi connectivity index (χ0n) is 25.2. The van der Waals surface area contributed by atoms with Crippen molar-refractivity contribution < 1.29 is 33.8 Å². The summed E-state index contributed by atoms with van der Waals surface area (Å²) in [6.45, 7) is 3.65. The van der Waals surface area contributed by atoms with Gasteiger partial charge in [0.15, 0.2) is 0 Å². The third kappa shape index (κ3) is 9.93. The first-order valence-corrected chi connectivity index (χ1v) is 14.6. The Balaban J connectivity index is 1.27. The molecule has 3 atom stereocenters. The first-order valence-electron chi connectivity index (χ1n) is 14.6. The number of hydrogen-bond acceptors (Lipinski definition) is 8. The van der Waals surface area contributed by atoms with E-state index < -0.39 is 36.1 Å². The number of nitrogens with one attached hydrogen (secondary N) is 4. The normalized spacial score (nSPS) is 16.4. The Morgan fingerprint density at radius 3 is 2.42 bits per heavy atom. The van der Waals surface area contributed by atoms with Crippen molar-refractivity contribution in [1.82, 2.24) is 20.5 Å². The highest BCUT2D eigenvalue weighted by atomic mass is 16.6. The lowest BCUT2D eigenvalue weighted by Crippen LogP contribution is -2.50. The van der Waals surface area contributed by atoms with Gasteiger partial charge in [-0.25, -0.2) is 19.4 Å². The number of carbonyl (C=O) groups excluding carboxylic acids is 3. The molecule has 238 valence electrons. The lowest BCUT2D eigenvalue weighted by Gasteiger charge is -2.24. The molecule has 13 heteroatoms. The first-order chi connectivity index (χ1) is 21.7. The molecule has 0 aliphatic carbocycles. The van der Waals surface area contributed by atoms with Crippen LogP contribution in [-0.4, -0.2) is 83.4 Å². The van der Waals surface area contributed by atoms with Crippen LogP contribution in [-0.2, 0) is 25.7 Å². The molecule has 3 aromatic rings. The summed E-state index contributed by atoms with van der Waals surface area (Å²) in [5.74, 6) is -1.22. The van der Waals surface area contributed by atoms with E-state index in [9.17, 15) is 24.3 Å². The van der Waals surface area contributed by atoms with Crippen LogP contribution in [0, 0.1) is 13.8 Å². The molecule has 1 fully saturated rings. The number of anilines is 2. The number of urea groups is 1. The van der Waals surface area contributed by atoms with Crippen LogP contribution < -0.4 is 21.3 Å². The molecule has 1 aromatic heterocycles. The minimum atomic E-state index is -1.37. The second-order valence-electron chi connectivity index (χ2n) is 10.7. The van der Waals surface area contributed by atoms with E-state index in [0.717, 1.165) is 16.7 Å². The van der Waals surface area contributed by atoms with Gasteiger partial charge in [0, 0.05) is 25.0 Å². The second-order valence-corrected chi connectivity index (χ2v) is 10.7. The molecule has 1 aliphatic heterocycles. The maximum Gasteiger partial charge on any atom is 0.410 e. The van der Waals surface area contributed by atoms with Gasteiger partial charge in [0.2, 0.25) is 5.91 Å². The standard InChI is InChI=1S/C32H38N6O7/c1-21-9-8-10-22(2)29(21)37-31(42)36-26(30(40)41)17-35-28(39)20-44-25-15-24(16-34-27-13-6-7-14-33-27)38(18-25)32(43)45-19-23-11-4-3-5-12-23/h3-14,24-26H,15-20H2,1-2H3,(H,33,34)(H,35,39)(H,40,41)(H2,36,37,42)/t24-,25+,26-/m0/s1. The zero-order valence-corrected chi connectivity index (χ0v) is 25.2. The van der Waals surface area contributed by atoms with Gasteiger partial charge in [-0.1, -0.05) is 54.6 Å². The molecule has 5 N–H and O–H groups in total. The molecule has 0 spiro atoms. The molecule has 4 rings (SSSR count). The Kier molecular flexibility index (Phi) is 11.7. The monoisotopic (exact) mass is 618 g/mol. The van der Waals surface area contributed by atoms with Gasteiger partial charge in [-0.15, -0.1) is 0 Å². The number of aliphatic carboxylic acids is 1. The van der Waals surface area contributed by atoms with Crippen LogP contribution in [0.4, 0.5) is 21.1 Å². The van der Waals surface area contributed by atoms with E-state index in [1.54, 1.807) is 17.2 Å². The van der Waals surface area contributed by atoms with E-state index >= 15 is 0 Å². The summed E-state index contributed by atoms with van der Waals surface area (Å²) in [5.41, 5.74) is 3.09. The highest BCUT2D eigenvalue weighted by Gasteiger charge is 2.37. The number of hydrogen-bond donors (Lipinski definition) is 5. The molecule has 4 amide bonds. The summed E-state index contributed by atoms with van der Waals surface area (Å²) in [7, 11) is 0. The number of amides is 4. The third-order valence-corrected chi connectivity index (χ3v) is 7.28. The van der Waals surface area contributed by atoms with Crippen molar-refractivity contribution in [2.45, 2.75) is 45.1 Å². The summed E-state index contributed by atoms with van der Waals surface area (Å²) in [5, 5.41) is 20.3. The number of nitrogens with zero attached hydrogens (tertiary/aromatic N) is 2. The van der Waals surface area contributed by atoms with Gasteiger partial charge in [0.25, 0.3) is 0 Å². The molecular formula is C32H38N6O7. The number of benzene rings is 2. The van der Waals surface area contributed by atoms with Gasteiger partial charge >= 0.3 is 18.1 Å². The number of carbonyl (C=O) groups is 4.